The van der Waals surface area contributed by atoms with E-state index >= 15 is 0 Å². The van der Waals surface area contributed by atoms with Crippen LogP contribution in [0.2, 0.25) is 0 Å². The van der Waals surface area contributed by atoms with E-state index in [0.717, 1.165) is 6.42 Å². The van der Waals surface area contributed by atoms with Crippen molar-refractivity contribution in [3.05, 3.63) is 23.2 Å². The van der Waals surface area contributed by atoms with E-state index in [0.29, 0.717) is 11.1 Å². The molecule has 2 aromatic heterocycles. The van der Waals surface area contributed by atoms with E-state index in [1.807, 2.05) is 6.92 Å². The summed E-state index contributed by atoms with van der Waals surface area (Å²) in [6.07, 6.45) is 4.91. The average Bonchev–Trinajstić information content (AvgIpc) is 2.74. The predicted molar refractivity (Wildman–Crippen MR) is 77.5 cm³/mol. The van der Waals surface area contributed by atoms with Gasteiger partial charge < -0.3 is 5.73 Å². The van der Waals surface area contributed by atoms with Crippen molar-refractivity contribution in [3.8, 4) is 0 Å². The molecule has 2 rings (SSSR count). The SMILES string of the molecule is CCCn1cc(S(=O)(=O)Nc2cnc(Br)cn2)c(N)n1. The lowest BCUT2D eigenvalue weighted by Crippen LogP contribution is -2.15. The van der Waals surface area contributed by atoms with Crippen LogP contribution in [0.1, 0.15) is 13.3 Å². The molecule has 0 bridgehead atoms. The summed E-state index contributed by atoms with van der Waals surface area (Å²) in [7, 11) is -3.83. The zero-order chi connectivity index (χ0) is 14.8. The van der Waals surface area contributed by atoms with Crippen LogP contribution >= 0.6 is 15.9 Å². The Morgan fingerprint density at radius 2 is 2.15 bits per heavy atom. The Balaban J connectivity index is 2.28. The molecule has 3 N–H and O–H groups in total. The third-order valence-corrected chi connectivity index (χ3v) is 4.14. The molecule has 0 aliphatic carbocycles. The summed E-state index contributed by atoms with van der Waals surface area (Å²) in [5.74, 6) is 0.0619. The summed E-state index contributed by atoms with van der Waals surface area (Å²) in [6.45, 7) is 2.56. The molecule has 20 heavy (non-hydrogen) atoms. The molecule has 0 atom stereocenters. The van der Waals surface area contributed by atoms with E-state index in [2.05, 4.69) is 35.7 Å². The van der Waals surface area contributed by atoms with Crippen LogP contribution in [-0.2, 0) is 16.6 Å². The molecular weight excluding hydrogens is 348 g/mol. The summed E-state index contributed by atoms with van der Waals surface area (Å²) in [6, 6.07) is 0. The highest BCUT2D eigenvalue weighted by molar-refractivity contribution is 9.10. The number of hydrogen-bond donors (Lipinski definition) is 2. The first-order valence-corrected chi connectivity index (χ1v) is 8.03. The molecule has 8 nitrogen and oxygen atoms in total. The maximum atomic E-state index is 12.2. The molecule has 0 spiro atoms. The molecule has 0 saturated carbocycles. The standard InChI is InChI=1S/C10H13BrN6O2S/c1-2-3-17-6-7(10(12)15-17)20(18,19)16-9-5-13-8(11)4-14-9/h4-6H,2-3H2,1H3,(H2,12,15)(H,14,16). The van der Waals surface area contributed by atoms with Crippen molar-refractivity contribution in [2.75, 3.05) is 10.5 Å². The van der Waals surface area contributed by atoms with Gasteiger partial charge in [-0.05, 0) is 22.4 Å². The second-order valence-corrected chi connectivity index (χ2v) is 6.43. The van der Waals surface area contributed by atoms with Crippen LogP contribution in [0.15, 0.2) is 28.1 Å². The Bertz CT molecular complexity index is 697. The minimum atomic E-state index is -3.83. The quantitative estimate of drug-likeness (QED) is 0.828. The second-order valence-electron chi connectivity index (χ2n) is 3.97. The average molecular weight is 361 g/mol. The van der Waals surface area contributed by atoms with Crippen LogP contribution < -0.4 is 10.5 Å². The van der Waals surface area contributed by atoms with Crippen molar-refractivity contribution in [1.82, 2.24) is 19.7 Å². The topological polar surface area (TPSA) is 116 Å². The summed E-state index contributed by atoms with van der Waals surface area (Å²) in [5, 5.41) is 3.95. The maximum Gasteiger partial charge on any atom is 0.268 e. The number of nitrogens with two attached hydrogens (primary N) is 1. The Labute approximate surface area is 124 Å². The minimum Gasteiger partial charge on any atom is -0.381 e. The summed E-state index contributed by atoms with van der Waals surface area (Å²) < 4.78 is 28.7. The molecule has 108 valence electrons. The van der Waals surface area contributed by atoms with Gasteiger partial charge in [0, 0.05) is 12.7 Å². The fourth-order valence-corrected chi connectivity index (χ4v) is 2.80. The summed E-state index contributed by atoms with van der Waals surface area (Å²) in [5.41, 5.74) is 5.64. The first-order chi connectivity index (χ1) is 9.42. The van der Waals surface area contributed by atoms with Crippen molar-refractivity contribution in [1.29, 1.82) is 0 Å². The third kappa shape index (κ3) is 3.25. The predicted octanol–water partition coefficient (Wildman–Crippen LogP) is 1.23. The van der Waals surface area contributed by atoms with Gasteiger partial charge in [-0.2, -0.15) is 5.10 Å². The molecule has 0 saturated heterocycles. The van der Waals surface area contributed by atoms with Crippen molar-refractivity contribution < 1.29 is 8.42 Å². The Kier molecular flexibility index (Phi) is 4.23. The molecule has 2 aromatic rings. The number of anilines is 2. The van der Waals surface area contributed by atoms with Gasteiger partial charge in [0.25, 0.3) is 10.0 Å². The Morgan fingerprint density at radius 1 is 1.40 bits per heavy atom. The van der Waals surface area contributed by atoms with Crippen LogP contribution in [0.4, 0.5) is 11.6 Å². The lowest BCUT2D eigenvalue weighted by atomic mass is 10.5. The highest BCUT2D eigenvalue weighted by atomic mass is 79.9. The molecule has 0 aromatic carbocycles. The maximum absolute atomic E-state index is 12.2. The van der Waals surface area contributed by atoms with Gasteiger partial charge in [0.15, 0.2) is 11.6 Å². The second kappa shape index (κ2) is 5.75. The van der Waals surface area contributed by atoms with E-state index in [1.54, 1.807) is 0 Å². The molecular formula is C10H13BrN6O2S. The van der Waals surface area contributed by atoms with Gasteiger partial charge in [0.05, 0.1) is 12.4 Å². The zero-order valence-corrected chi connectivity index (χ0v) is 13.0. The molecule has 0 fully saturated rings. The van der Waals surface area contributed by atoms with E-state index in [4.69, 9.17) is 5.73 Å². The number of halogens is 1. The lowest BCUT2D eigenvalue weighted by Gasteiger charge is -2.05. The van der Waals surface area contributed by atoms with Crippen LogP contribution in [-0.4, -0.2) is 28.2 Å². The number of aryl methyl sites for hydroxylation is 1. The van der Waals surface area contributed by atoms with Crippen LogP contribution in [0.25, 0.3) is 0 Å². The molecule has 0 aliphatic heterocycles. The first-order valence-electron chi connectivity index (χ1n) is 5.75. The van der Waals surface area contributed by atoms with Gasteiger partial charge in [-0.15, -0.1) is 0 Å². The van der Waals surface area contributed by atoms with E-state index in [-0.39, 0.29) is 16.5 Å². The smallest absolute Gasteiger partial charge is 0.268 e. The van der Waals surface area contributed by atoms with Crippen LogP contribution in [0.5, 0.6) is 0 Å². The third-order valence-electron chi connectivity index (χ3n) is 2.36. The number of hydrogen-bond acceptors (Lipinski definition) is 6. The summed E-state index contributed by atoms with van der Waals surface area (Å²) in [4.78, 5) is 7.71. The molecule has 0 amide bonds. The molecule has 10 heteroatoms. The van der Waals surface area contributed by atoms with Crippen LogP contribution in [0, 0.1) is 0 Å². The first kappa shape index (κ1) is 14.7. The fourth-order valence-electron chi connectivity index (χ4n) is 1.53. The van der Waals surface area contributed by atoms with Crippen molar-refractivity contribution >= 4 is 37.6 Å². The minimum absolute atomic E-state index is 0.0454. The van der Waals surface area contributed by atoms with E-state index in [1.165, 1.54) is 23.3 Å². The number of aromatic nitrogens is 4. The van der Waals surface area contributed by atoms with Gasteiger partial charge in [0.2, 0.25) is 0 Å². The number of sulfonamides is 1. The fraction of sp³-hybridized carbons (Fsp3) is 0.300. The van der Waals surface area contributed by atoms with Gasteiger partial charge in [-0.25, -0.2) is 18.4 Å². The molecule has 2 heterocycles. The number of nitrogen functional groups attached to an aromatic ring is 1. The largest absolute Gasteiger partial charge is 0.381 e. The normalized spacial score (nSPS) is 11.5. The van der Waals surface area contributed by atoms with Gasteiger partial charge in [-0.1, -0.05) is 6.92 Å². The number of rotatable bonds is 5. The molecule has 0 unspecified atom stereocenters. The van der Waals surface area contributed by atoms with Crippen molar-refractivity contribution in [2.24, 2.45) is 0 Å². The van der Waals surface area contributed by atoms with Gasteiger partial charge in [-0.3, -0.25) is 9.40 Å². The summed E-state index contributed by atoms with van der Waals surface area (Å²) >= 11 is 3.12. The van der Waals surface area contributed by atoms with Crippen LogP contribution in [0.3, 0.4) is 0 Å². The Morgan fingerprint density at radius 3 is 2.75 bits per heavy atom. The number of nitrogens with one attached hydrogen (secondary N) is 1. The van der Waals surface area contributed by atoms with E-state index in [9.17, 15) is 8.42 Å². The molecule has 0 radical (unpaired) electrons. The Hall–Kier alpha value is -1.68. The van der Waals surface area contributed by atoms with E-state index < -0.39 is 10.0 Å². The van der Waals surface area contributed by atoms with Crippen molar-refractivity contribution in [2.45, 2.75) is 24.8 Å². The number of nitrogens with zero attached hydrogens (tertiary/aromatic N) is 4. The monoisotopic (exact) mass is 360 g/mol. The van der Waals surface area contributed by atoms with Crippen molar-refractivity contribution in [3.63, 3.8) is 0 Å². The molecule has 0 aliphatic rings. The lowest BCUT2D eigenvalue weighted by molar-refractivity contribution is 0.595. The van der Waals surface area contributed by atoms with Gasteiger partial charge in [0.1, 0.15) is 9.50 Å². The highest BCUT2D eigenvalue weighted by Crippen LogP contribution is 2.19. The highest BCUT2D eigenvalue weighted by Gasteiger charge is 2.21. The zero-order valence-electron chi connectivity index (χ0n) is 10.6. The van der Waals surface area contributed by atoms with Gasteiger partial charge >= 0.3 is 0 Å².